The van der Waals surface area contributed by atoms with Crippen LogP contribution in [-0.4, -0.2) is 78.3 Å². The zero-order valence-corrected chi connectivity index (χ0v) is 10.5. The maximum atomic E-state index is 12.2. The molecular weight excluding hydrogens is 206 g/mol. The summed E-state index contributed by atoms with van der Waals surface area (Å²) in [7, 11) is 2.07. The van der Waals surface area contributed by atoms with Crippen LogP contribution in [0.5, 0.6) is 0 Å². The number of nitrogens with zero attached hydrogens (tertiary/aromatic N) is 3. The number of urea groups is 1. The van der Waals surface area contributed by atoms with Crippen molar-refractivity contribution in [1.29, 1.82) is 0 Å². The van der Waals surface area contributed by atoms with Crippen LogP contribution in [0.1, 0.15) is 13.8 Å². The first-order chi connectivity index (χ1) is 7.56. The van der Waals surface area contributed by atoms with E-state index in [9.17, 15) is 4.79 Å². The summed E-state index contributed by atoms with van der Waals surface area (Å²) < 4.78 is 0. The van der Waals surface area contributed by atoms with E-state index in [1.165, 1.54) is 0 Å². The van der Waals surface area contributed by atoms with Crippen LogP contribution < -0.4 is 0 Å². The third-order valence-electron chi connectivity index (χ3n) is 2.98. The first-order valence-electron chi connectivity index (χ1n) is 5.91. The van der Waals surface area contributed by atoms with Crippen LogP contribution in [0.2, 0.25) is 0 Å². The molecule has 0 spiro atoms. The topological polar surface area (TPSA) is 47.0 Å². The summed E-state index contributed by atoms with van der Waals surface area (Å²) in [5.41, 5.74) is 0. The smallest absolute Gasteiger partial charge is 0.320 e. The van der Waals surface area contributed by atoms with Gasteiger partial charge in [0, 0.05) is 38.8 Å². The van der Waals surface area contributed by atoms with Crippen molar-refractivity contribution in [2.75, 3.05) is 46.4 Å². The van der Waals surface area contributed by atoms with E-state index < -0.39 is 0 Å². The Labute approximate surface area is 97.6 Å². The monoisotopic (exact) mass is 229 g/mol. The molecular formula is C11H23N3O2. The lowest BCUT2D eigenvalue weighted by Crippen LogP contribution is -2.53. The van der Waals surface area contributed by atoms with E-state index in [4.69, 9.17) is 5.11 Å². The summed E-state index contributed by atoms with van der Waals surface area (Å²) >= 11 is 0. The van der Waals surface area contributed by atoms with Gasteiger partial charge in [-0.2, -0.15) is 0 Å². The number of hydrogen-bond donors (Lipinski definition) is 1. The van der Waals surface area contributed by atoms with Gasteiger partial charge in [0.05, 0.1) is 6.61 Å². The second-order valence-electron chi connectivity index (χ2n) is 4.58. The molecule has 0 aliphatic carbocycles. The number of likely N-dealkylation sites (N-methyl/N-ethyl adjacent to an activating group) is 1. The molecule has 1 rings (SSSR count). The van der Waals surface area contributed by atoms with Crippen molar-refractivity contribution in [1.82, 2.24) is 14.7 Å². The predicted octanol–water partition coefficient (Wildman–Crippen LogP) is 0.0565. The summed E-state index contributed by atoms with van der Waals surface area (Å²) in [4.78, 5) is 18.0. The molecule has 1 aliphatic rings. The highest BCUT2D eigenvalue weighted by molar-refractivity contribution is 5.74. The molecule has 0 atom stereocenters. The lowest BCUT2D eigenvalue weighted by molar-refractivity contribution is 0.104. The second-order valence-corrected chi connectivity index (χ2v) is 4.58. The van der Waals surface area contributed by atoms with Crippen molar-refractivity contribution in [3.63, 3.8) is 0 Å². The van der Waals surface area contributed by atoms with Gasteiger partial charge in [-0.3, -0.25) is 0 Å². The van der Waals surface area contributed by atoms with E-state index in [1.54, 1.807) is 4.90 Å². The van der Waals surface area contributed by atoms with Crippen LogP contribution in [-0.2, 0) is 0 Å². The van der Waals surface area contributed by atoms with Crippen molar-refractivity contribution >= 4 is 6.03 Å². The fourth-order valence-corrected chi connectivity index (χ4v) is 1.86. The third-order valence-corrected chi connectivity index (χ3v) is 2.98. The van der Waals surface area contributed by atoms with Gasteiger partial charge in [-0.25, -0.2) is 4.79 Å². The molecule has 0 unspecified atom stereocenters. The van der Waals surface area contributed by atoms with Crippen molar-refractivity contribution in [2.45, 2.75) is 19.9 Å². The van der Waals surface area contributed by atoms with Crippen molar-refractivity contribution < 1.29 is 9.90 Å². The van der Waals surface area contributed by atoms with Gasteiger partial charge in [-0.05, 0) is 20.9 Å². The molecule has 5 heteroatoms. The Hall–Kier alpha value is -0.810. The SMILES string of the molecule is CC(C)N(CCO)C(=O)N1CCN(C)CC1. The maximum absolute atomic E-state index is 12.2. The lowest BCUT2D eigenvalue weighted by atomic mass is 10.3. The Bertz CT molecular complexity index is 225. The summed E-state index contributed by atoms with van der Waals surface area (Å²) in [6.07, 6.45) is 0. The highest BCUT2D eigenvalue weighted by Gasteiger charge is 2.25. The fourth-order valence-electron chi connectivity index (χ4n) is 1.86. The fraction of sp³-hybridized carbons (Fsp3) is 0.909. The minimum absolute atomic E-state index is 0.0255. The molecule has 2 amide bonds. The van der Waals surface area contributed by atoms with Gasteiger partial charge in [0.2, 0.25) is 0 Å². The molecule has 0 aromatic heterocycles. The number of carbonyl (C=O) groups is 1. The highest BCUT2D eigenvalue weighted by atomic mass is 16.3. The van der Waals surface area contributed by atoms with E-state index in [0.29, 0.717) is 6.54 Å². The minimum Gasteiger partial charge on any atom is -0.395 e. The van der Waals surface area contributed by atoms with Gasteiger partial charge >= 0.3 is 6.03 Å². The van der Waals surface area contributed by atoms with Crippen molar-refractivity contribution in [3.05, 3.63) is 0 Å². The molecule has 1 fully saturated rings. The van der Waals surface area contributed by atoms with Crippen LogP contribution in [0.3, 0.4) is 0 Å². The minimum atomic E-state index is 0.0255. The molecule has 0 bridgehead atoms. The van der Waals surface area contributed by atoms with Crippen molar-refractivity contribution in [3.8, 4) is 0 Å². The van der Waals surface area contributed by atoms with Gasteiger partial charge in [0.15, 0.2) is 0 Å². The Kier molecular flexibility index (Phi) is 5.02. The molecule has 0 aromatic rings. The Morgan fingerprint density at radius 3 is 2.31 bits per heavy atom. The Morgan fingerprint density at radius 1 is 1.31 bits per heavy atom. The molecule has 1 N–H and O–H groups in total. The molecule has 16 heavy (non-hydrogen) atoms. The number of aliphatic hydroxyl groups is 1. The van der Waals surface area contributed by atoms with Crippen molar-refractivity contribution in [2.24, 2.45) is 0 Å². The van der Waals surface area contributed by atoms with E-state index in [-0.39, 0.29) is 18.7 Å². The molecule has 1 saturated heterocycles. The zero-order valence-electron chi connectivity index (χ0n) is 10.5. The molecule has 94 valence electrons. The maximum Gasteiger partial charge on any atom is 0.320 e. The first kappa shape index (κ1) is 13.3. The van der Waals surface area contributed by atoms with Crippen LogP contribution >= 0.6 is 0 Å². The molecule has 0 saturated carbocycles. The second kappa shape index (κ2) is 6.06. The predicted molar refractivity (Wildman–Crippen MR) is 63.4 cm³/mol. The lowest BCUT2D eigenvalue weighted by Gasteiger charge is -2.37. The van der Waals surface area contributed by atoms with E-state index in [0.717, 1.165) is 26.2 Å². The number of piperazine rings is 1. The summed E-state index contributed by atoms with van der Waals surface area (Å²) in [5, 5.41) is 8.95. The third kappa shape index (κ3) is 3.35. The summed E-state index contributed by atoms with van der Waals surface area (Å²) in [5.74, 6) is 0. The quantitative estimate of drug-likeness (QED) is 0.744. The summed E-state index contributed by atoms with van der Waals surface area (Å²) in [6, 6.07) is 0.191. The number of rotatable bonds is 3. The van der Waals surface area contributed by atoms with Gasteiger partial charge < -0.3 is 19.8 Å². The summed E-state index contributed by atoms with van der Waals surface area (Å²) in [6.45, 7) is 7.81. The van der Waals surface area contributed by atoms with E-state index in [1.807, 2.05) is 18.7 Å². The van der Waals surface area contributed by atoms with Gasteiger partial charge in [0.25, 0.3) is 0 Å². The van der Waals surface area contributed by atoms with Gasteiger partial charge in [0.1, 0.15) is 0 Å². The van der Waals surface area contributed by atoms with E-state index >= 15 is 0 Å². The number of hydrogen-bond acceptors (Lipinski definition) is 3. The first-order valence-corrected chi connectivity index (χ1v) is 5.91. The Balaban J connectivity index is 2.53. The molecule has 5 nitrogen and oxygen atoms in total. The number of amides is 2. The zero-order chi connectivity index (χ0) is 12.1. The highest BCUT2D eigenvalue weighted by Crippen LogP contribution is 2.07. The number of aliphatic hydroxyl groups excluding tert-OH is 1. The molecule has 0 radical (unpaired) electrons. The van der Waals surface area contributed by atoms with Crippen LogP contribution in [0.4, 0.5) is 4.79 Å². The average molecular weight is 229 g/mol. The Morgan fingerprint density at radius 2 is 1.88 bits per heavy atom. The molecule has 1 heterocycles. The standard InChI is InChI=1S/C11H23N3O2/c1-10(2)14(8-9-15)11(16)13-6-4-12(3)5-7-13/h10,15H,4-9H2,1-3H3. The largest absolute Gasteiger partial charge is 0.395 e. The number of carbonyl (C=O) groups excluding carboxylic acids is 1. The van der Waals surface area contributed by atoms with Crippen LogP contribution in [0, 0.1) is 0 Å². The normalized spacial score (nSPS) is 17.9. The van der Waals surface area contributed by atoms with Crippen LogP contribution in [0.15, 0.2) is 0 Å². The van der Waals surface area contributed by atoms with Gasteiger partial charge in [-0.1, -0.05) is 0 Å². The van der Waals surface area contributed by atoms with Gasteiger partial charge in [-0.15, -0.1) is 0 Å². The van der Waals surface area contributed by atoms with E-state index in [2.05, 4.69) is 11.9 Å². The molecule has 1 aliphatic heterocycles. The average Bonchev–Trinajstić information content (AvgIpc) is 2.25. The molecule has 0 aromatic carbocycles. The van der Waals surface area contributed by atoms with Crippen LogP contribution in [0.25, 0.3) is 0 Å².